The fourth-order valence-electron chi connectivity index (χ4n) is 2.09. The summed E-state index contributed by atoms with van der Waals surface area (Å²) in [6.07, 6.45) is 0.380. The fourth-order valence-corrected chi connectivity index (χ4v) is 3.84. The molecular formula is C13H12Cl2O2S. The summed E-state index contributed by atoms with van der Waals surface area (Å²) in [5.74, 6) is -0.588. The molecule has 2 unspecified atom stereocenters. The van der Waals surface area contributed by atoms with Crippen molar-refractivity contribution >= 4 is 45.9 Å². The SMILES string of the molecule is CC1C(=O)SC(C)(Cc2c(Cl)cccc2Cl)C1=O. The molecule has 5 heteroatoms. The Morgan fingerprint density at radius 1 is 1.28 bits per heavy atom. The van der Waals surface area contributed by atoms with Crippen LogP contribution in [0.2, 0.25) is 10.0 Å². The highest BCUT2D eigenvalue weighted by molar-refractivity contribution is 8.16. The normalized spacial score (nSPS) is 27.9. The van der Waals surface area contributed by atoms with E-state index in [2.05, 4.69) is 0 Å². The highest BCUT2D eigenvalue weighted by Crippen LogP contribution is 2.43. The van der Waals surface area contributed by atoms with Crippen molar-refractivity contribution in [2.75, 3.05) is 0 Å². The second kappa shape index (κ2) is 4.87. The molecule has 1 aromatic carbocycles. The van der Waals surface area contributed by atoms with E-state index in [-0.39, 0.29) is 10.9 Å². The van der Waals surface area contributed by atoms with Crippen LogP contribution in [-0.2, 0) is 16.0 Å². The molecule has 0 saturated carbocycles. The van der Waals surface area contributed by atoms with Gasteiger partial charge in [0.15, 0.2) is 10.9 Å². The van der Waals surface area contributed by atoms with Crippen LogP contribution in [0.4, 0.5) is 0 Å². The van der Waals surface area contributed by atoms with Crippen molar-refractivity contribution in [3.63, 3.8) is 0 Å². The van der Waals surface area contributed by atoms with Gasteiger partial charge in [-0.15, -0.1) is 0 Å². The monoisotopic (exact) mass is 302 g/mol. The van der Waals surface area contributed by atoms with E-state index < -0.39 is 10.7 Å². The molecule has 1 saturated heterocycles. The molecule has 2 atom stereocenters. The quantitative estimate of drug-likeness (QED) is 0.780. The smallest absolute Gasteiger partial charge is 0.200 e. The molecule has 0 bridgehead atoms. The summed E-state index contributed by atoms with van der Waals surface area (Å²) in [5.41, 5.74) is 0.728. The van der Waals surface area contributed by atoms with Crippen molar-refractivity contribution in [1.82, 2.24) is 0 Å². The predicted molar refractivity (Wildman–Crippen MR) is 75.3 cm³/mol. The minimum absolute atomic E-state index is 0.0477. The predicted octanol–water partition coefficient (Wildman–Crippen LogP) is 3.77. The van der Waals surface area contributed by atoms with Gasteiger partial charge in [-0.3, -0.25) is 9.59 Å². The molecule has 0 aliphatic carbocycles. The topological polar surface area (TPSA) is 34.1 Å². The lowest BCUT2D eigenvalue weighted by Crippen LogP contribution is -2.32. The first kappa shape index (κ1) is 13.9. The van der Waals surface area contributed by atoms with Gasteiger partial charge >= 0.3 is 0 Å². The second-order valence-corrected chi connectivity index (χ2v) is 6.94. The zero-order valence-corrected chi connectivity index (χ0v) is 12.3. The van der Waals surface area contributed by atoms with E-state index in [1.54, 1.807) is 32.0 Å². The number of ketones is 1. The van der Waals surface area contributed by atoms with Crippen molar-refractivity contribution < 1.29 is 9.59 Å². The average Bonchev–Trinajstić information content (AvgIpc) is 2.49. The first-order valence-electron chi connectivity index (χ1n) is 5.55. The van der Waals surface area contributed by atoms with Crippen LogP contribution in [0, 0.1) is 5.92 Å². The minimum atomic E-state index is -0.759. The average molecular weight is 303 g/mol. The Morgan fingerprint density at radius 2 is 1.83 bits per heavy atom. The molecule has 0 radical (unpaired) electrons. The Kier molecular flexibility index (Phi) is 3.77. The summed E-state index contributed by atoms with van der Waals surface area (Å²) in [7, 11) is 0. The zero-order chi connectivity index (χ0) is 13.5. The van der Waals surface area contributed by atoms with E-state index in [1.165, 1.54) is 0 Å². The largest absolute Gasteiger partial charge is 0.297 e. The van der Waals surface area contributed by atoms with E-state index >= 15 is 0 Å². The maximum absolute atomic E-state index is 12.1. The maximum atomic E-state index is 12.1. The van der Waals surface area contributed by atoms with Crippen molar-refractivity contribution in [3.05, 3.63) is 33.8 Å². The third-order valence-corrected chi connectivity index (χ3v) is 5.23. The van der Waals surface area contributed by atoms with E-state index in [9.17, 15) is 9.59 Å². The number of hydrogen-bond acceptors (Lipinski definition) is 3. The Bertz CT molecular complexity index is 509. The first-order chi connectivity index (χ1) is 8.35. The van der Waals surface area contributed by atoms with Crippen LogP contribution in [0.5, 0.6) is 0 Å². The summed E-state index contributed by atoms with van der Waals surface area (Å²) in [6.45, 7) is 3.43. The number of carbonyl (C=O) groups is 2. The van der Waals surface area contributed by atoms with Gasteiger partial charge < -0.3 is 0 Å². The number of benzene rings is 1. The van der Waals surface area contributed by atoms with Crippen LogP contribution in [0.15, 0.2) is 18.2 Å². The highest BCUT2D eigenvalue weighted by atomic mass is 35.5. The van der Waals surface area contributed by atoms with Gasteiger partial charge in [0.1, 0.15) is 0 Å². The van der Waals surface area contributed by atoms with Gasteiger partial charge in [-0.25, -0.2) is 0 Å². The Morgan fingerprint density at radius 3 is 2.28 bits per heavy atom. The number of Topliss-reactive ketones (excluding diaryl/α,β-unsaturated/α-hetero) is 1. The molecule has 2 rings (SSSR count). The lowest BCUT2D eigenvalue weighted by molar-refractivity contribution is -0.127. The number of halogens is 2. The zero-order valence-electron chi connectivity index (χ0n) is 10.00. The van der Waals surface area contributed by atoms with Gasteiger partial charge in [-0.05, 0) is 38.0 Å². The van der Waals surface area contributed by atoms with E-state index in [0.717, 1.165) is 17.3 Å². The number of carbonyl (C=O) groups excluding carboxylic acids is 2. The number of hydrogen-bond donors (Lipinski definition) is 0. The number of thioether (sulfide) groups is 1. The van der Waals surface area contributed by atoms with Crippen molar-refractivity contribution in [1.29, 1.82) is 0 Å². The van der Waals surface area contributed by atoms with E-state index in [4.69, 9.17) is 23.2 Å². The van der Waals surface area contributed by atoms with Crippen LogP contribution >= 0.6 is 35.0 Å². The van der Waals surface area contributed by atoms with Gasteiger partial charge in [0.25, 0.3) is 0 Å². The molecule has 1 fully saturated rings. The molecule has 0 amide bonds. The lowest BCUT2D eigenvalue weighted by atomic mass is 9.90. The van der Waals surface area contributed by atoms with Crippen LogP contribution in [0.1, 0.15) is 19.4 Å². The molecule has 1 heterocycles. The lowest BCUT2D eigenvalue weighted by Gasteiger charge is -2.21. The summed E-state index contributed by atoms with van der Waals surface area (Å²) in [6, 6.07) is 5.23. The van der Waals surface area contributed by atoms with Crippen LogP contribution in [0.25, 0.3) is 0 Å². The van der Waals surface area contributed by atoms with Crippen LogP contribution in [-0.4, -0.2) is 15.6 Å². The summed E-state index contributed by atoms with van der Waals surface area (Å²) in [4.78, 5) is 23.8. The van der Waals surface area contributed by atoms with Crippen LogP contribution in [0.3, 0.4) is 0 Å². The third kappa shape index (κ3) is 2.31. The number of rotatable bonds is 2. The molecule has 1 aliphatic rings. The van der Waals surface area contributed by atoms with Gasteiger partial charge in [-0.1, -0.05) is 41.0 Å². The molecule has 18 heavy (non-hydrogen) atoms. The minimum Gasteiger partial charge on any atom is -0.297 e. The molecular weight excluding hydrogens is 291 g/mol. The second-order valence-electron chi connectivity index (χ2n) is 4.61. The van der Waals surface area contributed by atoms with Gasteiger partial charge in [0.2, 0.25) is 0 Å². The summed E-state index contributed by atoms with van der Waals surface area (Å²) < 4.78 is -0.759. The fraction of sp³-hybridized carbons (Fsp3) is 0.385. The molecule has 1 aliphatic heterocycles. The molecule has 0 N–H and O–H groups in total. The molecule has 0 aromatic heterocycles. The van der Waals surface area contributed by atoms with E-state index in [1.807, 2.05) is 0 Å². The maximum Gasteiger partial charge on any atom is 0.200 e. The standard InChI is InChI=1S/C13H12Cl2O2S/c1-7-11(16)13(2,18-12(7)17)6-8-9(14)4-3-5-10(8)15/h3-5,7H,6H2,1-2H3. The van der Waals surface area contributed by atoms with Crippen molar-refractivity contribution in [2.45, 2.75) is 25.0 Å². The summed E-state index contributed by atoms with van der Waals surface area (Å²) >= 11 is 13.3. The van der Waals surface area contributed by atoms with Crippen molar-refractivity contribution in [3.8, 4) is 0 Å². The molecule has 1 aromatic rings. The first-order valence-corrected chi connectivity index (χ1v) is 7.12. The molecule has 0 spiro atoms. The Hall–Kier alpha value is -0.510. The third-order valence-electron chi connectivity index (χ3n) is 3.17. The molecule has 96 valence electrons. The van der Waals surface area contributed by atoms with Gasteiger partial charge in [0, 0.05) is 10.0 Å². The van der Waals surface area contributed by atoms with E-state index in [0.29, 0.717) is 16.5 Å². The molecule has 2 nitrogen and oxygen atoms in total. The van der Waals surface area contributed by atoms with Gasteiger partial charge in [0.05, 0.1) is 10.7 Å². The summed E-state index contributed by atoms with van der Waals surface area (Å²) in [5, 5.41) is 0.985. The van der Waals surface area contributed by atoms with Crippen molar-refractivity contribution in [2.24, 2.45) is 5.92 Å². The Balaban J connectivity index is 2.35. The highest BCUT2D eigenvalue weighted by Gasteiger charge is 2.48. The van der Waals surface area contributed by atoms with Crippen LogP contribution < -0.4 is 0 Å². The van der Waals surface area contributed by atoms with Gasteiger partial charge in [-0.2, -0.15) is 0 Å². The Labute approximate surface area is 120 Å².